The second kappa shape index (κ2) is 6.11. The molecule has 1 fully saturated rings. The molecule has 1 unspecified atom stereocenters. The average molecular weight is 298 g/mol. The number of hydrogen-bond donors (Lipinski definition) is 2. The molecule has 0 amide bonds. The summed E-state index contributed by atoms with van der Waals surface area (Å²) in [6.45, 7) is 5.13. The normalized spacial score (nSPS) is 18.9. The number of ether oxygens (including phenoxy) is 1. The second-order valence-electron chi connectivity index (χ2n) is 5.38. The van der Waals surface area contributed by atoms with E-state index in [-0.39, 0.29) is 10.9 Å². The molecule has 1 aliphatic heterocycles. The molecule has 112 valence electrons. The van der Waals surface area contributed by atoms with E-state index in [0.29, 0.717) is 24.8 Å². The van der Waals surface area contributed by atoms with Gasteiger partial charge >= 0.3 is 0 Å². The van der Waals surface area contributed by atoms with Gasteiger partial charge in [-0.2, -0.15) is 0 Å². The highest BCUT2D eigenvalue weighted by Gasteiger charge is 2.25. The van der Waals surface area contributed by atoms with Crippen molar-refractivity contribution in [1.29, 1.82) is 0 Å². The van der Waals surface area contributed by atoms with Gasteiger partial charge in [-0.1, -0.05) is 0 Å². The van der Waals surface area contributed by atoms with E-state index in [9.17, 15) is 8.42 Å². The summed E-state index contributed by atoms with van der Waals surface area (Å²) in [5.41, 5.74) is 7.09. The predicted octanol–water partition coefficient (Wildman–Crippen LogP) is 1.67. The fourth-order valence-corrected chi connectivity index (χ4v) is 3.84. The van der Waals surface area contributed by atoms with Crippen molar-refractivity contribution >= 4 is 15.7 Å². The molecule has 1 atom stereocenters. The molecule has 20 heavy (non-hydrogen) atoms. The Labute approximate surface area is 120 Å². The summed E-state index contributed by atoms with van der Waals surface area (Å²) < 4.78 is 32.8. The highest BCUT2D eigenvalue weighted by Crippen LogP contribution is 2.21. The third kappa shape index (κ3) is 3.50. The SMILES string of the molecule is Cc1cc(S(=O)(=O)NC(C)C2CCOCC2)ccc1N. The maximum atomic E-state index is 12.4. The van der Waals surface area contributed by atoms with Gasteiger partial charge in [0.05, 0.1) is 4.90 Å². The minimum Gasteiger partial charge on any atom is -0.399 e. The summed E-state index contributed by atoms with van der Waals surface area (Å²) in [5, 5.41) is 0. The van der Waals surface area contributed by atoms with Crippen molar-refractivity contribution in [3.05, 3.63) is 23.8 Å². The summed E-state index contributed by atoms with van der Waals surface area (Å²) >= 11 is 0. The molecule has 0 aromatic heterocycles. The fraction of sp³-hybridized carbons (Fsp3) is 0.571. The Hall–Kier alpha value is -1.11. The van der Waals surface area contributed by atoms with E-state index in [4.69, 9.17) is 10.5 Å². The first kappa shape index (κ1) is 15.3. The summed E-state index contributed by atoms with van der Waals surface area (Å²) in [4.78, 5) is 0.267. The lowest BCUT2D eigenvalue weighted by Gasteiger charge is -2.28. The van der Waals surface area contributed by atoms with E-state index >= 15 is 0 Å². The zero-order valence-electron chi connectivity index (χ0n) is 11.9. The van der Waals surface area contributed by atoms with Crippen molar-refractivity contribution in [1.82, 2.24) is 4.72 Å². The molecular formula is C14H22N2O3S. The number of nitrogen functional groups attached to an aromatic ring is 1. The smallest absolute Gasteiger partial charge is 0.240 e. The molecule has 3 N–H and O–H groups in total. The molecular weight excluding hydrogens is 276 g/mol. The van der Waals surface area contributed by atoms with Crippen LogP contribution >= 0.6 is 0 Å². The Kier molecular flexibility index (Phi) is 4.67. The monoisotopic (exact) mass is 298 g/mol. The lowest BCUT2D eigenvalue weighted by Crippen LogP contribution is -2.40. The molecule has 0 spiro atoms. The van der Waals surface area contributed by atoms with E-state index in [1.165, 1.54) is 0 Å². The largest absolute Gasteiger partial charge is 0.399 e. The predicted molar refractivity (Wildman–Crippen MR) is 78.9 cm³/mol. The van der Waals surface area contributed by atoms with Gasteiger partial charge < -0.3 is 10.5 Å². The summed E-state index contributed by atoms with van der Waals surface area (Å²) in [6.07, 6.45) is 1.79. The quantitative estimate of drug-likeness (QED) is 0.829. The van der Waals surface area contributed by atoms with Crippen molar-refractivity contribution in [3.63, 3.8) is 0 Å². The first-order valence-electron chi connectivity index (χ1n) is 6.86. The number of nitrogens with one attached hydrogen (secondary N) is 1. The van der Waals surface area contributed by atoms with Gasteiger partial charge in [0.1, 0.15) is 0 Å². The van der Waals surface area contributed by atoms with E-state index < -0.39 is 10.0 Å². The average Bonchev–Trinajstić information content (AvgIpc) is 2.42. The number of aryl methyl sites for hydroxylation is 1. The Morgan fingerprint density at radius 1 is 1.35 bits per heavy atom. The Morgan fingerprint density at radius 3 is 2.60 bits per heavy atom. The number of benzene rings is 1. The van der Waals surface area contributed by atoms with E-state index in [2.05, 4.69) is 4.72 Å². The second-order valence-corrected chi connectivity index (χ2v) is 7.09. The van der Waals surface area contributed by atoms with Crippen molar-refractivity contribution < 1.29 is 13.2 Å². The van der Waals surface area contributed by atoms with Crippen molar-refractivity contribution in [3.8, 4) is 0 Å². The van der Waals surface area contributed by atoms with Crippen LogP contribution in [0.15, 0.2) is 23.1 Å². The van der Waals surface area contributed by atoms with E-state index in [0.717, 1.165) is 18.4 Å². The van der Waals surface area contributed by atoms with Crippen LogP contribution in [0.25, 0.3) is 0 Å². The number of nitrogens with two attached hydrogens (primary N) is 1. The maximum absolute atomic E-state index is 12.4. The molecule has 0 bridgehead atoms. The summed E-state index contributed by atoms with van der Waals surface area (Å²) in [5.74, 6) is 0.327. The van der Waals surface area contributed by atoms with Crippen LogP contribution in [0.5, 0.6) is 0 Å². The Bertz CT molecular complexity index is 566. The lowest BCUT2D eigenvalue weighted by molar-refractivity contribution is 0.0585. The van der Waals surface area contributed by atoms with E-state index in [1.807, 2.05) is 6.92 Å². The fourth-order valence-electron chi connectivity index (χ4n) is 2.44. The molecule has 0 radical (unpaired) electrons. The number of anilines is 1. The van der Waals surface area contributed by atoms with Gasteiger partial charge in [-0.15, -0.1) is 0 Å². The molecule has 1 aromatic carbocycles. The van der Waals surface area contributed by atoms with Crippen molar-refractivity contribution in [2.45, 2.75) is 37.6 Å². The topological polar surface area (TPSA) is 81.4 Å². The van der Waals surface area contributed by atoms with Crippen LogP contribution in [0, 0.1) is 12.8 Å². The summed E-state index contributed by atoms with van der Waals surface area (Å²) in [7, 11) is -3.49. The number of rotatable bonds is 4. The molecule has 1 aromatic rings. The standard InChI is InChI=1S/C14H22N2O3S/c1-10-9-13(3-4-14(10)15)20(17,18)16-11(2)12-5-7-19-8-6-12/h3-4,9,11-12,16H,5-8,15H2,1-2H3. The van der Waals surface area contributed by atoms with Gasteiger partial charge in [-0.3, -0.25) is 0 Å². The minimum atomic E-state index is -3.49. The van der Waals surface area contributed by atoms with Crippen LogP contribution in [0.3, 0.4) is 0 Å². The van der Waals surface area contributed by atoms with Crippen LogP contribution in [0.4, 0.5) is 5.69 Å². The van der Waals surface area contributed by atoms with Crippen molar-refractivity contribution in [2.24, 2.45) is 5.92 Å². The van der Waals surface area contributed by atoms with Crippen LogP contribution in [0.2, 0.25) is 0 Å². The molecule has 1 saturated heterocycles. The van der Waals surface area contributed by atoms with E-state index in [1.54, 1.807) is 25.1 Å². The molecule has 0 aliphatic carbocycles. The lowest BCUT2D eigenvalue weighted by atomic mass is 9.94. The van der Waals surface area contributed by atoms with Crippen LogP contribution in [-0.4, -0.2) is 27.7 Å². The number of sulfonamides is 1. The van der Waals surface area contributed by atoms with Gasteiger partial charge in [0, 0.05) is 24.9 Å². The third-order valence-corrected chi connectivity index (χ3v) is 5.42. The van der Waals surface area contributed by atoms with Gasteiger partial charge in [0.15, 0.2) is 0 Å². The highest BCUT2D eigenvalue weighted by atomic mass is 32.2. The third-order valence-electron chi connectivity index (χ3n) is 3.87. The van der Waals surface area contributed by atoms with Crippen molar-refractivity contribution in [2.75, 3.05) is 18.9 Å². The molecule has 0 saturated carbocycles. The van der Waals surface area contributed by atoms with Gasteiger partial charge in [-0.05, 0) is 56.4 Å². The van der Waals surface area contributed by atoms with Gasteiger partial charge in [0.25, 0.3) is 0 Å². The molecule has 1 aliphatic rings. The minimum absolute atomic E-state index is 0.0956. The zero-order valence-corrected chi connectivity index (χ0v) is 12.7. The zero-order chi connectivity index (χ0) is 14.8. The van der Waals surface area contributed by atoms with Crippen LogP contribution < -0.4 is 10.5 Å². The number of hydrogen-bond acceptors (Lipinski definition) is 4. The summed E-state index contributed by atoms with van der Waals surface area (Å²) in [6, 6.07) is 4.68. The van der Waals surface area contributed by atoms with Gasteiger partial charge in [-0.25, -0.2) is 13.1 Å². The maximum Gasteiger partial charge on any atom is 0.240 e. The molecule has 2 rings (SSSR count). The molecule has 5 nitrogen and oxygen atoms in total. The Morgan fingerprint density at radius 2 is 2.00 bits per heavy atom. The van der Waals surface area contributed by atoms with Gasteiger partial charge in [0.2, 0.25) is 10.0 Å². The Balaban J connectivity index is 2.11. The van der Waals surface area contributed by atoms with Crippen LogP contribution in [-0.2, 0) is 14.8 Å². The van der Waals surface area contributed by atoms with Crippen LogP contribution in [0.1, 0.15) is 25.3 Å². The first-order valence-corrected chi connectivity index (χ1v) is 8.34. The molecule has 6 heteroatoms. The molecule has 1 heterocycles. The highest BCUT2D eigenvalue weighted by molar-refractivity contribution is 7.89. The first-order chi connectivity index (χ1) is 9.40.